The standard InChI is InChI=1S/C19H36N2/c1-6-15-21(5,18-17-20(4,7-2)8-3)16-14-19-12-10-9-11-13-19/h9-13H,6-8,14-18H2,1-5H3/q+2/t21-/m1/s1. The van der Waals surface area contributed by atoms with Crippen LogP contribution in [0, 0.1) is 0 Å². The van der Waals surface area contributed by atoms with E-state index in [0.717, 1.165) is 0 Å². The highest BCUT2D eigenvalue weighted by Crippen LogP contribution is 2.11. The van der Waals surface area contributed by atoms with Gasteiger partial charge >= 0.3 is 0 Å². The number of likely N-dealkylation sites (N-methyl/N-ethyl adjacent to an activating group) is 2. The summed E-state index contributed by atoms with van der Waals surface area (Å²) in [6, 6.07) is 10.9. The molecule has 0 aliphatic carbocycles. The molecule has 120 valence electrons. The molecule has 2 heteroatoms. The van der Waals surface area contributed by atoms with Gasteiger partial charge in [-0.3, -0.25) is 0 Å². The zero-order valence-corrected chi connectivity index (χ0v) is 14.9. The molecule has 0 aromatic heterocycles. The van der Waals surface area contributed by atoms with Gasteiger partial charge in [0.25, 0.3) is 0 Å². The van der Waals surface area contributed by atoms with Gasteiger partial charge in [0.15, 0.2) is 0 Å². The maximum Gasteiger partial charge on any atom is 0.128 e. The van der Waals surface area contributed by atoms with Gasteiger partial charge in [-0.1, -0.05) is 37.3 Å². The third-order valence-corrected chi connectivity index (χ3v) is 5.25. The molecule has 0 bridgehead atoms. The van der Waals surface area contributed by atoms with Crippen LogP contribution in [-0.2, 0) is 6.42 Å². The molecule has 0 saturated heterocycles. The topological polar surface area (TPSA) is 0 Å². The van der Waals surface area contributed by atoms with E-state index >= 15 is 0 Å². The summed E-state index contributed by atoms with van der Waals surface area (Å²) in [5.41, 5.74) is 1.47. The Balaban J connectivity index is 2.60. The van der Waals surface area contributed by atoms with Crippen LogP contribution in [0.15, 0.2) is 30.3 Å². The molecule has 0 aliphatic heterocycles. The van der Waals surface area contributed by atoms with E-state index in [0.29, 0.717) is 0 Å². The molecule has 1 aromatic carbocycles. The molecule has 21 heavy (non-hydrogen) atoms. The molecule has 0 saturated carbocycles. The number of rotatable bonds is 10. The Hall–Kier alpha value is -0.860. The Labute approximate surface area is 132 Å². The van der Waals surface area contributed by atoms with Crippen LogP contribution < -0.4 is 0 Å². The number of hydrogen-bond acceptors (Lipinski definition) is 0. The highest BCUT2D eigenvalue weighted by atomic mass is 15.4. The number of hydrogen-bond donors (Lipinski definition) is 0. The van der Waals surface area contributed by atoms with Crippen molar-refractivity contribution in [2.45, 2.75) is 33.6 Å². The first kappa shape index (κ1) is 18.2. The second-order valence-electron chi connectivity index (χ2n) is 7.00. The molecule has 1 aromatic rings. The van der Waals surface area contributed by atoms with Gasteiger partial charge in [0.2, 0.25) is 0 Å². The third-order valence-electron chi connectivity index (χ3n) is 5.25. The molecular weight excluding hydrogens is 256 g/mol. The van der Waals surface area contributed by atoms with E-state index in [9.17, 15) is 0 Å². The van der Waals surface area contributed by atoms with E-state index < -0.39 is 0 Å². The second kappa shape index (κ2) is 8.55. The van der Waals surface area contributed by atoms with Crippen LogP contribution in [-0.4, -0.2) is 62.3 Å². The number of quaternary nitrogens is 2. The van der Waals surface area contributed by atoms with E-state index in [4.69, 9.17) is 0 Å². The van der Waals surface area contributed by atoms with Gasteiger partial charge in [-0.25, -0.2) is 0 Å². The van der Waals surface area contributed by atoms with Crippen molar-refractivity contribution in [2.75, 3.05) is 53.4 Å². The van der Waals surface area contributed by atoms with Crippen LogP contribution >= 0.6 is 0 Å². The summed E-state index contributed by atoms with van der Waals surface area (Å²) in [5, 5.41) is 0. The molecule has 0 amide bonds. The van der Waals surface area contributed by atoms with Crippen molar-refractivity contribution in [3.05, 3.63) is 35.9 Å². The van der Waals surface area contributed by atoms with Crippen LogP contribution in [0.3, 0.4) is 0 Å². The monoisotopic (exact) mass is 292 g/mol. The summed E-state index contributed by atoms with van der Waals surface area (Å²) in [4.78, 5) is 0. The van der Waals surface area contributed by atoms with Crippen molar-refractivity contribution in [1.82, 2.24) is 0 Å². The van der Waals surface area contributed by atoms with Gasteiger partial charge in [-0.05, 0) is 25.8 Å². The second-order valence-corrected chi connectivity index (χ2v) is 7.00. The minimum atomic E-state index is 1.19. The molecule has 2 nitrogen and oxygen atoms in total. The Morgan fingerprint density at radius 3 is 1.81 bits per heavy atom. The lowest BCUT2D eigenvalue weighted by Crippen LogP contribution is -2.55. The van der Waals surface area contributed by atoms with E-state index in [1.165, 1.54) is 66.6 Å². The molecule has 1 rings (SSSR count). The van der Waals surface area contributed by atoms with E-state index in [-0.39, 0.29) is 0 Å². The first-order valence-corrected chi connectivity index (χ1v) is 8.68. The zero-order valence-electron chi connectivity index (χ0n) is 14.9. The molecule has 0 fully saturated rings. The summed E-state index contributed by atoms with van der Waals surface area (Å²) in [6.07, 6.45) is 2.46. The maximum absolute atomic E-state index is 2.45. The van der Waals surface area contributed by atoms with E-state index in [2.05, 4.69) is 65.2 Å². The average molecular weight is 293 g/mol. The van der Waals surface area contributed by atoms with Crippen molar-refractivity contribution in [1.29, 1.82) is 0 Å². The summed E-state index contributed by atoms with van der Waals surface area (Å²) >= 11 is 0. The first-order valence-electron chi connectivity index (χ1n) is 8.68. The molecule has 0 aliphatic rings. The lowest BCUT2D eigenvalue weighted by atomic mass is 10.1. The quantitative estimate of drug-likeness (QED) is 0.578. The van der Waals surface area contributed by atoms with Crippen LogP contribution in [0.2, 0.25) is 0 Å². The SMILES string of the molecule is CCC[N@+](C)(CCc1ccccc1)CC[N+](C)(CC)CC. The number of nitrogens with zero attached hydrogens (tertiary/aromatic N) is 2. The van der Waals surface area contributed by atoms with Gasteiger partial charge in [0.1, 0.15) is 13.1 Å². The fourth-order valence-corrected chi connectivity index (χ4v) is 2.94. The van der Waals surface area contributed by atoms with Crippen molar-refractivity contribution in [3.8, 4) is 0 Å². The molecule has 0 spiro atoms. The van der Waals surface area contributed by atoms with Crippen molar-refractivity contribution >= 4 is 0 Å². The van der Waals surface area contributed by atoms with Crippen molar-refractivity contribution < 1.29 is 8.97 Å². The van der Waals surface area contributed by atoms with Gasteiger partial charge in [0, 0.05) is 6.42 Å². The summed E-state index contributed by atoms with van der Waals surface area (Å²) in [7, 11) is 4.84. The van der Waals surface area contributed by atoms with Gasteiger partial charge < -0.3 is 8.97 Å². The zero-order chi connectivity index (χ0) is 15.8. The van der Waals surface area contributed by atoms with Crippen LogP contribution in [0.4, 0.5) is 0 Å². The summed E-state index contributed by atoms with van der Waals surface area (Å²) in [5.74, 6) is 0. The average Bonchev–Trinajstić information content (AvgIpc) is 2.52. The lowest BCUT2D eigenvalue weighted by Gasteiger charge is -2.39. The largest absolute Gasteiger partial charge is 0.322 e. The van der Waals surface area contributed by atoms with Gasteiger partial charge in [-0.15, -0.1) is 0 Å². The van der Waals surface area contributed by atoms with Crippen LogP contribution in [0.1, 0.15) is 32.8 Å². The Morgan fingerprint density at radius 1 is 0.714 bits per heavy atom. The third kappa shape index (κ3) is 6.19. The molecule has 1 atom stereocenters. The normalized spacial score (nSPS) is 14.9. The molecule has 0 unspecified atom stereocenters. The molecule has 0 radical (unpaired) electrons. The van der Waals surface area contributed by atoms with Crippen molar-refractivity contribution in [2.24, 2.45) is 0 Å². The molecular formula is C19H36N2+2. The minimum absolute atomic E-state index is 1.19. The Bertz CT molecular complexity index is 384. The summed E-state index contributed by atoms with van der Waals surface area (Å²) < 4.78 is 2.40. The molecule has 0 N–H and O–H groups in total. The van der Waals surface area contributed by atoms with Gasteiger partial charge in [0.05, 0.1) is 40.3 Å². The predicted molar refractivity (Wildman–Crippen MR) is 93.4 cm³/mol. The maximum atomic E-state index is 2.45. The number of benzene rings is 1. The summed E-state index contributed by atoms with van der Waals surface area (Å²) in [6.45, 7) is 14.5. The highest BCUT2D eigenvalue weighted by Gasteiger charge is 2.26. The van der Waals surface area contributed by atoms with Gasteiger partial charge in [-0.2, -0.15) is 0 Å². The highest BCUT2D eigenvalue weighted by molar-refractivity contribution is 5.14. The minimum Gasteiger partial charge on any atom is -0.322 e. The lowest BCUT2D eigenvalue weighted by molar-refractivity contribution is -0.962. The van der Waals surface area contributed by atoms with Crippen molar-refractivity contribution in [3.63, 3.8) is 0 Å². The first-order chi connectivity index (χ1) is 9.97. The predicted octanol–water partition coefficient (Wildman–Crippen LogP) is 3.57. The smallest absolute Gasteiger partial charge is 0.128 e. The van der Waals surface area contributed by atoms with E-state index in [1.807, 2.05) is 0 Å². The van der Waals surface area contributed by atoms with E-state index in [1.54, 1.807) is 0 Å². The Kier molecular flexibility index (Phi) is 7.41. The van der Waals surface area contributed by atoms with Crippen LogP contribution in [0.5, 0.6) is 0 Å². The van der Waals surface area contributed by atoms with Crippen LogP contribution in [0.25, 0.3) is 0 Å². The fourth-order valence-electron chi connectivity index (χ4n) is 2.94. The fraction of sp³-hybridized carbons (Fsp3) is 0.684. The molecule has 0 heterocycles. The Morgan fingerprint density at radius 2 is 1.29 bits per heavy atom.